The number of aliphatic hydroxyl groups is 1. The van der Waals surface area contributed by atoms with Crippen LogP contribution >= 0.6 is 0 Å². The first kappa shape index (κ1) is 18.2. The minimum Gasteiger partial charge on any atom is -0.493 e. The van der Waals surface area contributed by atoms with Crippen LogP contribution in [0.15, 0.2) is 48.5 Å². The molecule has 0 amide bonds. The van der Waals surface area contributed by atoms with Gasteiger partial charge in [0.1, 0.15) is 11.4 Å². The van der Waals surface area contributed by atoms with E-state index in [-0.39, 0.29) is 6.04 Å². The van der Waals surface area contributed by atoms with Gasteiger partial charge in [0.15, 0.2) is 0 Å². The van der Waals surface area contributed by atoms with Gasteiger partial charge in [-0.05, 0) is 55.1 Å². The van der Waals surface area contributed by atoms with E-state index in [1.807, 2.05) is 18.2 Å². The van der Waals surface area contributed by atoms with Crippen molar-refractivity contribution in [2.75, 3.05) is 32.8 Å². The van der Waals surface area contributed by atoms with E-state index in [0.29, 0.717) is 0 Å². The maximum Gasteiger partial charge on any atom is 0.122 e. The van der Waals surface area contributed by atoms with E-state index < -0.39 is 5.60 Å². The summed E-state index contributed by atoms with van der Waals surface area (Å²) in [4.78, 5) is 5.05. The highest BCUT2D eigenvalue weighted by Crippen LogP contribution is 2.38. The van der Waals surface area contributed by atoms with Gasteiger partial charge < -0.3 is 9.84 Å². The molecule has 0 bridgehead atoms. The van der Waals surface area contributed by atoms with Crippen molar-refractivity contribution in [2.24, 2.45) is 0 Å². The Morgan fingerprint density at radius 2 is 1.86 bits per heavy atom. The zero-order chi connectivity index (χ0) is 19.0. The molecule has 4 nitrogen and oxygen atoms in total. The molecule has 5 rings (SSSR count). The zero-order valence-electron chi connectivity index (χ0n) is 16.5. The van der Waals surface area contributed by atoms with Crippen molar-refractivity contribution in [3.8, 4) is 5.75 Å². The topological polar surface area (TPSA) is 35.9 Å². The molecule has 0 aliphatic carbocycles. The summed E-state index contributed by atoms with van der Waals surface area (Å²) in [5.74, 6) is 1.05. The van der Waals surface area contributed by atoms with Crippen LogP contribution in [-0.4, -0.2) is 53.7 Å². The predicted molar refractivity (Wildman–Crippen MR) is 110 cm³/mol. The summed E-state index contributed by atoms with van der Waals surface area (Å²) < 4.78 is 5.65. The molecule has 2 aromatic carbocycles. The number of hydrogen-bond donors (Lipinski definition) is 1. The third kappa shape index (κ3) is 3.34. The molecule has 4 heteroatoms. The van der Waals surface area contributed by atoms with Crippen molar-refractivity contribution >= 4 is 0 Å². The second-order valence-corrected chi connectivity index (χ2v) is 8.57. The van der Waals surface area contributed by atoms with E-state index in [9.17, 15) is 5.11 Å². The fraction of sp³-hybridized carbons (Fsp3) is 0.500. The Balaban J connectivity index is 1.37. The summed E-state index contributed by atoms with van der Waals surface area (Å²) in [6, 6.07) is 17.1. The molecule has 0 saturated carbocycles. The van der Waals surface area contributed by atoms with Gasteiger partial charge in [-0.1, -0.05) is 42.5 Å². The average Bonchev–Trinajstić information content (AvgIpc) is 3.42. The number of hydrogen-bond acceptors (Lipinski definition) is 4. The van der Waals surface area contributed by atoms with E-state index >= 15 is 0 Å². The summed E-state index contributed by atoms with van der Waals surface area (Å²) in [6.07, 6.45) is 4.29. The maximum atomic E-state index is 11.8. The van der Waals surface area contributed by atoms with E-state index in [0.717, 1.165) is 63.5 Å². The fourth-order valence-electron chi connectivity index (χ4n) is 5.26. The molecule has 0 aromatic heterocycles. The van der Waals surface area contributed by atoms with Crippen molar-refractivity contribution in [1.29, 1.82) is 0 Å². The summed E-state index contributed by atoms with van der Waals surface area (Å²) in [5, 5.41) is 11.8. The fourth-order valence-corrected chi connectivity index (χ4v) is 5.26. The lowest BCUT2D eigenvalue weighted by molar-refractivity contribution is -0.0959. The normalized spacial score (nSPS) is 28.2. The molecule has 28 heavy (non-hydrogen) atoms. The number of fused-ring (bicyclic) bond motifs is 1. The standard InChI is InChI=1S/C24H30N2O2/c27-24(21-6-2-1-3-7-21)11-14-25(18-23(24)26-12-4-5-13-26)17-19-8-9-22-20(16-19)10-15-28-22/h1-3,6-9,16,23,27H,4-5,10-15,17-18H2/t23-,24+/m1/s1. The third-order valence-electron chi connectivity index (χ3n) is 6.81. The van der Waals surface area contributed by atoms with E-state index in [4.69, 9.17) is 4.74 Å². The number of nitrogens with zero attached hydrogens (tertiary/aromatic N) is 2. The van der Waals surface area contributed by atoms with Gasteiger partial charge in [0, 0.05) is 26.1 Å². The highest BCUT2D eigenvalue weighted by molar-refractivity contribution is 5.39. The summed E-state index contributed by atoms with van der Waals surface area (Å²) in [7, 11) is 0. The van der Waals surface area contributed by atoms with Gasteiger partial charge in [0.25, 0.3) is 0 Å². The number of likely N-dealkylation sites (tertiary alicyclic amines) is 2. The molecule has 3 aliphatic heterocycles. The van der Waals surface area contributed by atoms with Crippen LogP contribution in [-0.2, 0) is 18.6 Å². The van der Waals surface area contributed by atoms with Gasteiger partial charge in [-0.2, -0.15) is 0 Å². The Labute approximate surface area is 167 Å². The van der Waals surface area contributed by atoms with E-state index in [1.54, 1.807) is 0 Å². The van der Waals surface area contributed by atoms with Crippen molar-refractivity contribution in [3.63, 3.8) is 0 Å². The van der Waals surface area contributed by atoms with Crippen LogP contribution in [0.5, 0.6) is 5.75 Å². The number of ether oxygens (including phenoxy) is 1. The molecule has 1 N–H and O–H groups in total. The average molecular weight is 379 g/mol. The molecule has 3 heterocycles. The molecule has 148 valence electrons. The number of rotatable bonds is 4. The van der Waals surface area contributed by atoms with Crippen LogP contribution in [0.3, 0.4) is 0 Å². The first-order valence-electron chi connectivity index (χ1n) is 10.7. The van der Waals surface area contributed by atoms with Crippen molar-refractivity contribution in [3.05, 3.63) is 65.2 Å². The molecule has 0 radical (unpaired) electrons. The second kappa shape index (κ2) is 7.51. The molecule has 2 atom stereocenters. The number of piperidine rings is 1. The lowest BCUT2D eigenvalue weighted by atomic mass is 9.79. The molecule has 0 unspecified atom stereocenters. The van der Waals surface area contributed by atoms with Gasteiger partial charge in [-0.25, -0.2) is 0 Å². The van der Waals surface area contributed by atoms with Crippen LogP contribution in [0, 0.1) is 0 Å². The van der Waals surface area contributed by atoms with Crippen LogP contribution in [0.4, 0.5) is 0 Å². The van der Waals surface area contributed by atoms with Gasteiger partial charge in [0.2, 0.25) is 0 Å². The minimum absolute atomic E-state index is 0.156. The lowest BCUT2D eigenvalue weighted by Gasteiger charge is -2.48. The Bertz CT molecular complexity index is 819. The van der Waals surface area contributed by atoms with Gasteiger partial charge in [0.05, 0.1) is 12.6 Å². The van der Waals surface area contributed by atoms with Crippen molar-refractivity contribution in [1.82, 2.24) is 9.80 Å². The first-order valence-corrected chi connectivity index (χ1v) is 10.7. The van der Waals surface area contributed by atoms with Gasteiger partial charge in [-0.15, -0.1) is 0 Å². The quantitative estimate of drug-likeness (QED) is 0.887. The summed E-state index contributed by atoms with van der Waals surface area (Å²) in [5.41, 5.74) is 3.01. The van der Waals surface area contributed by atoms with E-state index in [2.05, 4.69) is 40.1 Å². The van der Waals surface area contributed by atoms with E-state index in [1.165, 1.54) is 24.0 Å². The highest BCUT2D eigenvalue weighted by Gasteiger charge is 2.46. The smallest absolute Gasteiger partial charge is 0.122 e. The molecule has 2 saturated heterocycles. The first-order chi connectivity index (χ1) is 13.7. The number of benzene rings is 2. The monoisotopic (exact) mass is 378 g/mol. The second-order valence-electron chi connectivity index (χ2n) is 8.57. The highest BCUT2D eigenvalue weighted by atomic mass is 16.5. The Morgan fingerprint density at radius 3 is 2.68 bits per heavy atom. The van der Waals surface area contributed by atoms with Crippen LogP contribution < -0.4 is 4.74 Å². The van der Waals surface area contributed by atoms with Crippen LogP contribution in [0.25, 0.3) is 0 Å². The van der Waals surface area contributed by atoms with Crippen LogP contribution in [0.2, 0.25) is 0 Å². The van der Waals surface area contributed by atoms with Crippen LogP contribution in [0.1, 0.15) is 36.0 Å². The molecule has 3 aliphatic rings. The predicted octanol–water partition coefficient (Wildman–Crippen LogP) is 3.18. The van der Waals surface area contributed by atoms with Crippen molar-refractivity contribution in [2.45, 2.75) is 43.9 Å². The Hall–Kier alpha value is -1.88. The van der Waals surface area contributed by atoms with Crippen molar-refractivity contribution < 1.29 is 9.84 Å². The largest absolute Gasteiger partial charge is 0.493 e. The Morgan fingerprint density at radius 1 is 1.04 bits per heavy atom. The molecule has 2 fully saturated rings. The molecular weight excluding hydrogens is 348 g/mol. The summed E-state index contributed by atoms with van der Waals surface area (Å²) in [6.45, 7) is 5.79. The third-order valence-corrected chi connectivity index (χ3v) is 6.81. The SMILES string of the molecule is O[C@]1(c2ccccc2)CCN(Cc2ccc3c(c2)CCO3)C[C@H]1N1CCCC1. The van der Waals surface area contributed by atoms with Gasteiger partial charge >= 0.3 is 0 Å². The molecule has 0 spiro atoms. The maximum absolute atomic E-state index is 11.8. The molecule has 2 aromatic rings. The lowest BCUT2D eigenvalue weighted by Crippen LogP contribution is -2.60. The van der Waals surface area contributed by atoms with Gasteiger partial charge in [-0.3, -0.25) is 9.80 Å². The molecular formula is C24H30N2O2. The Kier molecular flexibility index (Phi) is 4.87. The summed E-state index contributed by atoms with van der Waals surface area (Å²) >= 11 is 0. The zero-order valence-corrected chi connectivity index (χ0v) is 16.5. The minimum atomic E-state index is -0.756.